The normalized spacial score (nSPS) is 16.0. The number of rotatable bonds is 12. The van der Waals surface area contributed by atoms with Crippen LogP contribution < -0.4 is 10.6 Å². The van der Waals surface area contributed by atoms with Crippen LogP contribution in [-0.4, -0.2) is 44.9 Å². The van der Waals surface area contributed by atoms with Gasteiger partial charge in [0.05, 0.1) is 12.4 Å². The van der Waals surface area contributed by atoms with Crippen molar-refractivity contribution in [3.63, 3.8) is 0 Å². The molecule has 6 heteroatoms. The summed E-state index contributed by atoms with van der Waals surface area (Å²) in [7, 11) is 0. The molecule has 2 rings (SSSR count). The molecule has 0 spiro atoms. The van der Waals surface area contributed by atoms with E-state index in [0.29, 0.717) is 19.3 Å². The van der Waals surface area contributed by atoms with Gasteiger partial charge in [-0.15, -0.1) is 0 Å². The van der Waals surface area contributed by atoms with E-state index in [0.717, 1.165) is 50.8 Å². The minimum absolute atomic E-state index is 0.492. The summed E-state index contributed by atoms with van der Waals surface area (Å²) in [6, 6.07) is 3.79. The summed E-state index contributed by atoms with van der Waals surface area (Å²) in [6.07, 6.45) is 10.5. The lowest BCUT2D eigenvalue weighted by Gasteiger charge is -2.22. The van der Waals surface area contributed by atoms with Gasteiger partial charge in [0.15, 0.2) is 5.96 Å². The van der Waals surface area contributed by atoms with E-state index in [2.05, 4.69) is 22.5 Å². The molecule has 1 aromatic rings. The van der Waals surface area contributed by atoms with Gasteiger partial charge in [-0.2, -0.15) is 0 Å². The van der Waals surface area contributed by atoms with E-state index >= 15 is 0 Å². The third-order valence-corrected chi connectivity index (χ3v) is 4.40. The molecule has 1 fully saturated rings. The first-order valence-corrected chi connectivity index (χ1v) is 10.1. The zero-order valence-electron chi connectivity index (χ0n) is 16.2. The average Bonchev–Trinajstić information content (AvgIpc) is 3.18. The first kappa shape index (κ1) is 20.8. The highest BCUT2D eigenvalue weighted by atomic mass is 16.5. The van der Waals surface area contributed by atoms with Crippen molar-refractivity contribution in [3.05, 3.63) is 24.2 Å². The van der Waals surface area contributed by atoms with Gasteiger partial charge in [-0.05, 0) is 44.7 Å². The Morgan fingerprint density at radius 3 is 2.85 bits per heavy atom. The number of hydrogen-bond acceptors (Lipinski definition) is 4. The number of furan rings is 1. The van der Waals surface area contributed by atoms with Crippen molar-refractivity contribution in [2.45, 2.75) is 64.6 Å². The maximum absolute atomic E-state index is 5.96. The molecule has 0 saturated heterocycles. The van der Waals surface area contributed by atoms with Crippen LogP contribution in [0.25, 0.3) is 0 Å². The zero-order valence-corrected chi connectivity index (χ0v) is 16.2. The van der Waals surface area contributed by atoms with E-state index in [1.165, 1.54) is 32.1 Å². The predicted molar refractivity (Wildman–Crippen MR) is 104 cm³/mol. The minimum atomic E-state index is 0.492. The van der Waals surface area contributed by atoms with Gasteiger partial charge in [0.1, 0.15) is 12.4 Å². The lowest BCUT2D eigenvalue weighted by Crippen LogP contribution is -2.38. The van der Waals surface area contributed by atoms with Crippen LogP contribution in [0.3, 0.4) is 0 Å². The van der Waals surface area contributed by atoms with Gasteiger partial charge in [0.25, 0.3) is 0 Å². The maximum atomic E-state index is 5.96. The second-order valence-electron chi connectivity index (χ2n) is 6.66. The Balaban J connectivity index is 1.49. The van der Waals surface area contributed by atoms with Crippen molar-refractivity contribution in [2.24, 2.45) is 4.99 Å². The van der Waals surface area contributed by atoms with E-state index < -0.39 is 0 Å². The Kier molecular flexibility index (Phi) is 10.9. The van der Waals surface area contributed by atoms with Crippen molar-refractivity contribution < 1.29 is 13.9 Å². The highest BCUT2D eigenvalue weighted by Crippen LogP contribution is 2.20. The highest BCUT2D eigenvalue weighted by molar-refractivity contribution is 5.79. The Morgan fingerprint density at radius 2 is 2.08 bits per heavy atom. The summed E-state index contributed by atoms with van der Waals surface area (Å²) in [5.74, 6) is 1.73. The largest absolute Gasteiger partial charge is 0.467 e. The Hall–Kier alpha value is -1.53. The first-order chi connectivity index (χ1) is 12.9. The van der Waals surface area contributed by atoms with E-state index in [1.54, 1.807) is 6.26 Å². The van der Waals surface area contributed by atoms with Gasteiger partial charge in [-0.3, -0.25) is 4.99 Å². The van der Waals surface area contributed by atoms with E-state index in [4.69, 9.17) is 13.9 Å². The molecule has 1 saturated carbocycles. The molecule has 1 heterocycles. The van der Waals surface area contributed by atoms with Gasteiger partial charge >= 0.3 is 0 Å². The summed E-state index contributed by atoms with van der Waals surface area (Å²) >= 11 is 0. The molecule has 0 radical (unpaired) electrons. The van der Waals surface area contributed by atoms with Gasteiger partial charge in [0.2, 0.25) is 0 Å². The van der Waals surface area contributed by atoms with Crippen LogP contribution in [-0.2, 0) is 16.1 Å². The molecule has 0 amide bonds. The fourth-order valence-corrected chi connectivity index (χ4v) is 3.03. The fourth-order valence-electron chi connectivity index (χ4n) is 3.03. The fraction of sp³-hybridized carbons (Fsp3) is 0.750. The lowest BCUT2D eigenvalue weighted by molar-refractivity contribution is 0.0277. The van der Waals surface area contributed by atoms with Crippen LogP contribution in [0.15, 0.2) is 27.8 Å². The topological polar surface area (TPSA) is 68.0 Å². The second-order valence-corrected chi connectivity index (χ2v) is 6.66. The smallest absolute Gasteiger partial charge is 0.191 e. The minimum Gasteiger partial charge on any atom is -0.467 e. The highest BCUT2D eigenvalue weighted by Gasteiger charge is 2.12. The lowest BCUT2D eigenvalue weighted by atomic mass is 9.98. The summed E-state index contributed by atoms with van der Waals surface area (Å²) < 4.78 is 16.8. The quantitative estimate of drug-likeness (QED) is 0.337. The number of ether oxygens (including phenoxy) is 2. The predicted octanol–water partition coefficient (Wildman–Crippen LogP) is 3.48. The van der Waals surface area contributed by atoms with Gasteiger partial charge < -0.3 is 24.5 Å². The molecule has 1 aromatic heterocycles. The van der Waals surface area contributed by atoms with Crippen molar-refractivity contribution in [1.82, 2.24) is 10.6 Å². The number of aliphatic imine (C=N–C) groups is 1. The van der Waals surface area contributed by atoms with Crippen LogP contribution in [0.5, 0.6) is 0 Å². The van der Waals surface area contributed by atoms with Gasteiger partial charge in [0, 0.05) is 32.8 Å². The molecule has 1 aliphatic rings. The molecule has 2 N–H and O–H groups in total. The number of guanidine groups is 1. The third-order valence-electron chi connectivity index (χ3n) is 4.40. The number of hydrogen-bond donors (Lipinski definition) is 2. The Morgan fingerprint density at radius 1 is 1.19 bits per heavy atom. The van der Waals surface area contributed by atoms with Crippen LogP contribution in [0.1, 0.15) is 57.6 Å². The van der Waals surface area contributed by atoms with Crippen molar-refractivity contribution >= 4 is 5.96 Å². The molecule has 26 heavy (non-hydrogen) atoms. The Bertz CT molecular complexity index is 471. The summed E-state index contributed by atoms with van der Waals surface area (Å²) in [5.41, 5.74) is 0. The Labute approximate surface area is 157 Å². The monoisotopic (exact) mass is 365 g/mol. The zero-order chi connectivity index (χ0) is 18.3. The first-order valence-electron chi connectivity index (χ1n) is 10.1. The summed E-state index contributed by atoms with van der Waals surface area (Å²) in [6.45, 7) is 6.60. The van der Waals surface area contributed by atoms with Crippen LogP contribution in [0.4, 0.5) is 0 Å². The molecule has 6 nitrogen and oxygen atoms in total. The molecule has 148 valence electrons. The molecule has 1 aliphatic carbocycles. The third kappa shape index (κ3) is 9.25. The van der Waals surface area contributed by atoms with E-state index in [9.17, 15) is 0 Å². The average molecular weight is 366 g/mol. The van der Waals surface area contributed by atoms with Crippen LogP contribution in [0, 0.1) is 0 Å². The molecule has 0 atom stereocenters. The molecule has 0 unspecified atom stereocenters. The van der Waals surface area contributed by atoms with Crippen molar-refractivity contribution in [3.8, 4) is 0 Å². The van der Waals surface area contributed by atoms with Crippen LogP contribution in [0.2, 0.25) is 0 Å². The SMILES string of the molecule is CCNC(=NCCCOCc1ccco1)NCCCOC1CCCCC1. The van der Waals surface area contributed by atoms with Gasteiger partial charge in [-0.25, -0.2) is 0 Å². The van der Waals surface area contributed by atoms with E-state index in [-0.39, 0.29) is 0 Å². The molecule has 0 bridgehead atoms. The van der Waals surface area contributed by atoms with Crippen molar-refractivity contribution in [1.29, 1.82) is 0 Å². The number of nitrogens with one attached hydrogen (secondary N) is 2. The second kappa shape index (κ2) is 13.6. The van der Waals surface area contributed by atoms with Crippen molar-refractivity contribution in [2.75, 3.05) is 32.8 Å². The molecular formula is C20H35N3O3. The maximum Gasteiger partial charge on any atom is 0.191 e. The van der Waals surface area contributed by atoms with Gasteiger partial charge in [-0.1, -0.05) is 19.3 Å². The molecule has 0 aromatic carbocycles. The van der Waals surface area contributed by atoms with E-state index in [1.807, 2.05) is 12.1 Å². The number of nitrogens with zero attached hydrogens (tertiary/aromatic N) is 1. The molecule has 0 aliphatic heterocycles. The summed E-state index contributed by atoms with van der Waals surface area (Å²) in [4.78, 5) is 4.59. The standard InChI is InChI=1S/C20H35N3O3/c1-2-21-20(22-12-7-14-24-17-19-11-6-15-26-19)23-13-8-16-25-18-9-4-3-5-10-18/h6,11,15,18H,2-5,7-10,12-14,16-17H2,1H3,(H2,21,22,23). The molecular weight excluding hydrogens is 330 g/mol. The summed E-state index contributed by atoms with van der Waals surface area (Å²) in [5, 5.41) is 6.65. The van der Waals surface area contributed by atoms with Crippen LogP contribution >= 0.6 is 0 Å².